The first kappa shape index (κ1) is 34.2. The maximum atomic E-state index is 15.9. The van der Waals surface area contributed by atoms with E-state index in [-0.39, 0.29) is 17.3 Å². The van der Waals surface area contributed by atoms with Crippen LogP contribution in [0.4, 0.5) is 26.1 Å². The van der Waals surface area contributed by atoms with Gasteiger partial charge < -0.3 is 36.1 Å². The Morgan fingerprint density at radius 1 is 1.14 bits per heavy atom. The number of hydrogen-bond acceptors (Lipinski definition) is 16. The average Bonchev–Trinajstić information content (AvgIpc) is 3.39. The Morgan fingerprint density at radius 2 is 1.80 bits per heavy atom. The van der Waals surface area contributed by atoms with Crippen LogP contribution >= 0.6 is 26.9 Å². The minimum absolute atomic E-state index is 0.110. The number of nitrogens with zero attached hydrogens (tertiary/aromatic N) is 3. The molecule has 3 fully saturated rings. The molecule has 0 radical (unpaired) electrons. The third-order valence-electron chi connectivity index (χ3n) is 6.28. The number of thiol groups is 1. The maximum Gasteiger partial charge on any atom is 0.472 e. The van der Waals surface area contributed by atoms with E-state index >= 15 is 8.78 Å². The van der Waals surface area contributed by atoms with Crippen molar-refractivity contribution < 1.29 is 60.0 Å². The van der Waals surface area contributed by atoms with Gasteiger partial charge >= 0.3 is 14.6 Å². The number of anilines is 3. The molecule has 18 nitrogen and oxygen atoms in total. The lowest BCUT2D eigenvalue weighted by Gasteiger charge is -2.28. The lowest BCUT2D eigenvalue weighted by molar-refractivity contribution is -0.126. The van der Waals surface area contributed by atoms with Crippen molar-refractivity contribution in [1.29, 1.82) is 0 Å². The van der Waals surface area contributed by atoms with Crippen LogP contribution in [0.25, 0.3) is 0 Å². The molecule has 3 aliphatic rings. The number of ether oxygens (including phenoxy) is 2. The molecule has 4 heterocycles. The minimum Gasteiger partial charge on any atom is -0.393 e. The van der Waals surface area contributed by atoms with Crippen LogP contribution in [-0.2, 0) is 46.3 Å². The van der Waals surface area contributed by atoms with E-state index in [1.54, 1.807) is 0 Å². The molecule has 0 bridgehead atoms. The monoisotopic (exact) mass is 687 g/mol. The van der Waals surface area contributed by atoms with Crippen LogP contribution < -0.4 is 27.0 Å². The topological polar surface area (TPSA) is 249 Å². The second-order valence-corrected chi connectivity index (χ2v) is 13.6. The number of halogens is 2. The Hall–Kier alpha value is -2.71. The second-order valence-electron chi connectivity index (χ2n) is 9.35. The number of nitrogens with two attached hydrogens (primary N) is 2. The highest BCUT2D eigenvalue weighted by atomic mass is 32.7. The van der Waals surface area contributed by atoms with Gasteiger partial charge in [0.05, 0.1) is 13.2 Å². The van der Waals surface area contributed by atoms with Gasteiger partial charge in [-0.1, -0.05) is 18.8 Å². The average molecular weight is 688 g/mol. The molecule has 7 N–H and O–H groups in total. The summed E-state index contributed by atoms with van der Waals surface area (Å²) in [5.74, 6) is -1.70. The molecule has 2 amide bonds. The summed E-state index contributed by atoms with van der Waals surface area (Å²) in [6.45, 7) is -1.44. The Bertz CT molecular complexity index is 1400. The van der Waals surface area contributed by atoms with Gasteiger partial charge in [-0.05, 0) is 0 Å². The van der Waals surface area contributed by atoms with Crippen LogP contribution in [0.5, 0.6) is 0 Å². The number of carbonyl (C=O) groups is 2. The van der Waals surface area contributed by atoms with E-state index in [4.69, 9.17) is 39.0 Å². The van der Waals surface area contributed by atoms with Crippen molar-refractivity contribution in [3.63, 3.8) is 0 Å². The number of alkyl halides is 2. The minimum atomic E-state index is -5.12. The molecule has 23 heteroatoms. The van der Waals surface area contributed by atoms with E-state index in [2.05, 4.69) is 34.1 Å². The van der Waals surface area contributed by atoms with Crippen molar-refractivity contribution in [3.05, 3.63) is 31.4 Å². The zero-order valence-corrected chi connectivity index (χ0v) is 25.4. The smallest absolute Gasteiger partial charge is 0.393 e. The number of rotatable bonds is 6. The summed E-state index contributed by atoms with van der Waals surface area (Å²) in [4.78, 5) is 41.7. The van der Waals surface area contributed by atoms with E-state index in [1.807, 2.05) is 5.32 Å². The summed E-state index contributed by atoms with van der Waals surface area (Å²) >= 11 is 3.87. The zero-order chi connectivity index (χ0) is 32.4. The summed E-state index contributed by atoms with van der Waals surface area (Å²) < 4.78 is 88.9. The van der Waals surface area contributed by atoms with Gasteiger partial charge in [-0.2, -0.15) is 0 Å². The molecular weight excluding hydrogens is 658 g/mol. The number of carbonyl (C=O) groups excluding carboxylic acids is 2. The number of phosphoric acid groups is 1. The number of nitrogen functional groups attached to an aromatic ring is 2. The standard InChI is InChI=1S/C21H29F2N7O11P2S/c1-3-30(19-15(24)18(25)27-8-28-19)21-14(23)17-11(39-21)7-37-43(35,44)41-16-10(6-36-42(33,34)40-17)38-20(13(16)22)26-5-4-12(32)29-9(2)31/h3-5,8,10-11,13-14,16-17,20-21,26H,1,6-7,24H2,2H3,(H,33,34)(H,35,44)(H2,25,27,28)(H,29,31,32)/b5-4-/t10-,11-,13?,14+,16+,17+,20-,21-,43?/m1/s1. The lowest BCUT2D eigenvalue weighted by Crippen LogP contribution is -2.40. The molecule has 0 saturated carbocycles. The van der Waals surface area contributed by atoms with Gasteiger partial charge in [0.25, 0.3) is 5.91 Å². The molecule has 3 unspecified atom stereocenters. The highest BCUT2D eigenvalue weighted by Crippen LogP contribution is 2.57. The van der Waals surface area contributed by atoms with Crippen LogP contribution in [-0.4, -0.2) is 89.1 Å². The first-order valence-corrected chi connectivity index (χ1v) is 16.7. The van der Waals surface area contributed by atoms with Gasteiger partial charge in [0.15, 0.2) is 36.4 Å². The van der Waals surface area contributed by atoms with Gasteiger partial charge in [-0.25, -0.2) is 27.9 Å². The van der Waals surface area contributed by atoms with Gasteiger partial charge in [0.2, 0.25) is 5.91 Å². The fraction of sp³-hybridized carbons (Fsp3) is 0.524. The van der Waals surface area contributed by atoms with Crippen molar-refractivity contribution in [3.8, 4) is 0 Å². The van der Waals surface area contributed by atoms with Crippen LogP contribution in [0.15, 0.2) is 31.4 Å². The highest BCUT2D eigenvalue weighted by Gasteiger charge is 2.54. The largest absolute Gasteiger partial charge is 0.472 e. The predicted octanol–water partition coefficient (Wildman–Crippen LogP) is 0.438. The van der Waals surface area contributed by atoms with Crippen molar-refractivity contribution in [2.24, 2.45) is 0 Å². The SMILES string of the molecule is C=CN(c1ncnc(N)c1N)[C@@H]1O[C@@H]2COP(=O)(S)O[C@@H]3C(F)[C@H](N/C=C\C(=O)NC(C)=O)O[C@@H]3COP(=O)(O)O[C@@H]2[C@@H]1F. The maximum absolute atomic E-state index is 15.9. The van der Waals surface area contributed by atoms with Crippen molar-refractivity contribution in [2.45, 2.75) is 56.1 Å². The van der Waals surface area contributed by atoms with E-state index in [9.17, 15) is 23.6 Å². The second kappa shape index (κ2) is 13.7. The van der Waals surface area contributed by atoms with Crippen LogP contribution in [0, 0.1) is 0 Å². The van der Waals surface area contributed by atoms with Gasteiger partial charge in [-0.15, -0.1) is 0 Å². The number of amides is 2. The van der Waals surface area contributed by atoms with Gasteiger partial charge in [-0.3, -0.25) is 33.0 Å². The molecule has 1 aromatic rings. The van der Waals surface area contributed by atoms with E-state index in [1.165, 1.54) is 0 Å². The summed E-state index contributed by atoms with van der Waals surface area (Å²) in [5, 5.41) is 4.36. The quantitative estimate of drug-likeness (QED) is 0.135. The number of phosphoric ester groups is 1. The van der Waals surface area contributed by atoms with Crippen molar-refractivity contribution in [1.82, 2.24) is 20.6 Å². The summed E-state index contributed by atoms with van der Waals surface area (Å²) in [6, 6.07) is 0. The van der Waals surface area contributed by atoms with E-state index in [0.29, 0.717) is 0 Å². The number of imide groups is 1. The third-order valence-corrected chi connectivity index (χ3v) is 8.87. The molecule has 4 rings (SSSR count). The zero-order valence-electron chi connectivity index (χ0n) is 22.7. The number of hydrogen-bond donors (Lipinski definition) is 6. The summed E-state index contributed by atoms with van der Waals surface area (Å²) in [5.41, 5.74) is 11.5. The molecule has 244 valence electrons. The number of nitrogens with one attached hydrogen (secondary N) is 2. The van der Waals surface area contributed by atoms with Crippen LogP contribution in [0.3, 0.4) is 0 Å². The van der Waals surface area contributed by atoms with Crippen molar-refractivity contribution in [2.75, 3.05) is 29.6 Å². The highest BCUT2D eigenvalue weighted by molar-refractivity contribution is 8.44. The molecule has 3 aliphatic heterocycles. The molecular formula is C21H29F2N7O11P2S. The molecule has 0 aromatic carbocycles. The fourth-order valence-corrected chi connectivity index (χ4v) is 6.78. The number of fused-ring (bicyclic) bond motifs is 2. The Labute approximate surface area is 253 Å². The summed E-state index contributed by atoms with van der Waals surface area (Å²) in [7, 11) is -5.12. The molecule has 1 aromatic heterocycles. The predicted molar refractivity (Wildman–Crippen MR) is 150 cm³/mol. The molecule has 10 atom stereocenters. The Balaban J connectivity index is 1.53. The molecule has 0 spiro atoms. The normalized spacial score (nSPS) is 37.7. The third kappa shape index (κ3) is 7.92. The van der Waals surface area contributed by atoms with Crippen LogP contribution in [0.1, 0.15) is 6.92 Å². The van der Waals surface area contributed by atoms with E-state index in [0.717, 1.165) is 36.6 Å². The molecule has 3 saturated heterocycles. The first-order chi connectivity index (χ1) is 20.6. The summed E-state index contributed by atoms with van der Waals surface area (Å²) in [6.07, 6.45) is -10.2. The Morgan fingerprint density at radius 3 is 2.48 bits per heavy atom. The first-order valence-electron chi connectivity index (χ1n) is 12.5. The van der Waals surface area contributed by atoms with Gasteiger partial charge in [0.1, 0.15) is 36.4 Å². The van der Waals surface area contributed by atoms with Crippen LogP contribution in [0.2, 0.25) is 0 Å². The molecule has 44 heavy (non-hydrogen) atoms. The Kier molecular flexibility index (Phi) is 10.7. The van der Waals surface area contributed by atoms with E-state index < -0.39 is 88.9 Å². The van der Waals surface area contributed by atoms with Crippen molar-refractivity contribution >= 4 is 56.0 Å². The fourth-order valence-electron chi connectivity index (χ4n) is 4.34. The number of aromatic nitrogens is 2. The lowest BCUT2D eigenvalue weighted by atomic mass is 10.1. The van der Waals surface area contributed by atoms with Gasteiger partial charge in [0, 0.05) is 25.4 Å². The molecule has 0 aliphatic carbocycles.